The summed E-state index contributed by atoms with van der Waals surface area (Å²) in [6, 6.07) is 4.17. The van der Waals surface area contributed by atoms with E-state index in [1.54, 1.807) is 0 Å². The first-order chi connectivity index (χ1) is 18.1. The lowest BCUT2D eigenvalue weighted by molar-refractivity contribution is -0.143. The highest BCUT2D eigenvalue weighted by molar-refractivity contribution is 5.42. The highest BCUT2D eigenvalue weighted by Gasteiger charge is 2.38. The van der Waals surface area contributed by atoms with Gasteiger partial charge in [-0.15, -0.1) is 5.10 Å². The Kier molecular flexibility index (Phi) is 7.58. The topological polar surface area (TPSA) is 56.1 Å². The molecule has 0 radical (unpaired) electrons. The lowest BCUT2D eigenvalue weighted by Crippen LogP contribution is -2.26. The maximum absolute atomic E-state index is 13.6. The molecule has 15 heteroatoms. The van der Waals surface area contributed by atoms with Crippen LogP contribution in [0.5, 0.6) is 0 Å². The monoisotopic (exact) mass is 567 g/mol. The first kappa shape index (κ1) is 28.6. The molecule has 3 aromatic rings. The number of methoxy groups -OCH3 is 1. The molecule has 4 rings (SSSR count). The van der Waals surface area contributed by atoms with Crippen LogP contribution in [0.15, 0.2) is 36.4 Å². The molecule has 1 fully saturated rings. The molecule has 1 atom stereocenters. The summed E-state index contributed by atoms with van der Waals surface area (Å²) in [5, 5.41) is 11.4. The molecular formula is C24H22F9N5O. The van der Waals surface area contributed by atoms with Gasteiger partial charge < -0.3 is 9.64 Å². The molecule has 1 heterocycles. The van der Waals surface area contributed by atoms with Crippen LogP contribution in [-0.4, -0.2) is 27.3 Å². The van der Waals surface area contributed by atoms with Crippen molar-refractivity contribution in [1.82, 2.24) is 20.2 Å². The van der Waals surface area contributed by atoms with E-state index in [0.29, 0.717) is 17.7 Å². The lowest BCUT2D eigenvalue weighted by Gasteiger charge is -2.26. The van der Waals surface area contributed by atoms with Crippen LogP contribution in [-0.2, 0) is 43.4 Å². The summed E-state index contributed by atoms with van der Waals surface area (Å²) in [4.78, 5) is 2.17. The Bertz CT molecular complexity index is 1280. The van der Waals surface area contributed by atoms with E-state index in [-0.39, 0.29) is 30.0 Å². The van der Waals surface area contributed by atoms with Crippen molar-refractivity contribution in [3.63, 3.8) is 0 Å². The fourth-order valence-corrected chi connectivity index (χ4v) is 4.30. The van der Waals surface area contributed by atoms with Gasteiger partial charge in [0.05, 0.1) is 29.8 Å². The predicted molar refractivity (Wildman–Crippen MR) is 119 cm³/mol. The van der Waals surface area contributed by atoms with Crippen LogP contribution >= 0.6 is 0 Å². The van der Waals surface area contributed by atoms with Crippen LogP contribution in [0.1, 0.15) is 52.3 Å². The first-order valence-corrected chi connectivity index (χ1v) is 11.6. The average molecular weight is 567 g/mol. The Morgan fingerprint density at radius 1 is 0.872 bits per heavy atom. The van der Waals surface area contributed by atoms with Gasteiger partial charge in [0.25, 0.3) is 5.95 Å². The largest absolute Gasteiger partial charge is 0.416 e. The summed E-state index contributed by atoms with van der Waals surface area (Å²) in [6.07, 6.45) is -13.8. The number of ether oxygens (including phenoxy) is 1. The van der Waals surface area contributed by atoms with Gasteiger partial charge in [-0.05, 0) is 71.0 Å². The summed E-state index contributed by atoms with van der Waals surface area (Å²) < 4.78 is 127. The van der Waals surface area contributed by atoms with Crippen LogP contribution in [0.3, 0.4) is 0 Å². The maximum Gasteiger partial charge on any atom is 0.416 e. The number of aryl methyl sites for hydroxylation is 1. The molecule has 0 saturated heterocycles. The summed E-state index contributed by atoms with van der Waals surface area (Å²) in [5.74, 6) is -0.140. The third-order valence-corrected chi connectivity index (χ3v) is 6.24. The number of anilines is 1. The van der Waals surface area contributed by atoms with Crippen molar-refractivity contribution in [1.29, 1.82) is 0 Å². The Morgan fingerprint density at radius 3 is 1.92 bits per heavy atom. The molecule has 0 bridgehead atoms. The molecule has 0 N–H and O–H groups in total. The molecule has 2 aromatic carbocycles. The minimum absolute atomic E-state index is 0.00184. The van der Waals surface area contributed by atoms with Gasteiger partial charge in [-0.3, -0.25) is 0 Å². The molecule has 1 aliphatic rings. The van der Waals surface area contributed by atoms with Gasteiger partial charge in [0, 0.05) is 20.2 Å². The van der Waals surface area contributed by atoms with Crippen molar-refractivity contribution in [3.05, 3.63) is 69.8 Å². The van der Waals surface area contributed by atoms with Gasteiger partial charge in [0.2, 0.25) is 0 Å². The van der Waals surface area contributed by atoms with E-state index in [1.165, 1.54) is 25.1 Å². The Hall–Kier alpha value is -3.36. The maximum atomic E-state index is 13.6. The molecule has 0 amide bonds. The highest BCUT2D eigenvalue weighted by atomic mass is 19.4. The van der Waals surface area contributed by atoms with Crippen LogP contribution < -0.4 is 4.90 Å². The van der Waals surface area contributed by atoms with Crippen LogP contribution in [0, 0.1) is 5.92 Å². The average Bonchev–Trinajstić information content (AvgIpc) is 3.57. The molecule has 212 valence electrons. The van der Waals surface area contributed by atoms with Crippen LogP contribution in [0.25, 0.3) is 0 Å². The quantitative estimate of drug-likeness (QED) is 0.288. The number of tetrazole rings is 1. The van der Waals surface area contributed by atoms with E-state index in [9.17, 15) is 39.5 Å². The minimum Gasteiger partial charge on any atom is -0.376 e. The normalized spacial score (nSPS) is 15.5. The summed E-state index contributed by atoms with van der Waals surface area (Å²) in [5.41, 5.74) is -3.89. The smallest absolute Gasteiger partial charge is 0.376 e. The van der Waals surface area contributed by atoms with E-state index in [4.69, 9.17) is 4.74 Å². The predicted octanol–water partition coefficient (Wildman–Crippen LogP) is 6.57. The number of rotatable bonds is 8. The minimum atomic E-state index is -5.07. The molecule has 1 aromatic heterocycles. The number of aromatic nitrogens is 4. The van der Waals surface area contributed by atoms with Crippen molar-refractivity contribution in [2.24, 2.45) is 13.0 Å². The summed E-state index contributed by atoms with van der Waals surface area (Å²) >= 11 is 0. The van der Waals surface area contributed by atoms with Crippen LogP contribution in [0.4, 0.5) is 45.5 Å². The Labute approximate surface area is 216 Å². The van der Waals surface area contributed by atoms with E-state index in [2.05, 4.69) is 15.4 Å². The second-order valence-corrected chi connectivity index (χ2v) is 9.25. The fourth-order valence-electron chi connectivity index (χ4n) is 4.30. The van der Waals surface area contributed by atoms with Gasteiger partial charge in [0.1, 0.15) is 0 Å². The zero-order valence-electron chi connectivity index (χ0n) is 20.5. The third-order valence-electron chi connectivity index (χ3n) is 6.24. The van der Waals surface area contributed by atoms with E-state index < -0.39 is 53.4 Å². The fraction of sp³-hybridized carbons (Fsp3) is 0.458. The molecule has 6 nitrogen and oxygen atoms in total. The zero-order chi connectivity index (χ0) is 28.8. The van der Waals surface area contributed by atoms with E-state index >= 15 is 0 Å². The van der Waals surface area contributed by atoms with Gasteiger partial charge in [-0.1, -0.05) is 11.2 Å². The Balaban J connectivity index is 1.80. The SMILES string of the molecule is CO[C@H](c1ccc(C(F)(F)F)cc1CN(Cc1cc(C(F)(F)F)cc(C(F)(F)F)c1)c1nnn(C)n1)C1CC1. The number of hydrogen-bond donors (Lipinski definition) is 0. The number of alkyl halides is 9. The van der Waals surface area contributed by atoms with E-state index in [0.717, 1.165) is 29.8 Å². The van der Waals surface area contributed by atoms with Gasteiger partial charge >= 0.3 is 18.5 Å². The second kappa shape index (κ2) is 10.3. The van der Waals surface area contributed by atoms with Gasteiger partial charge in [0.15, 0.2) is 0 Å². The lowest BCUT2D eigenvalue weighted by atomic mass is 9.96. The van der Waals surface area contributed by atoms with Crippen molar-refractivity contribution in [2.75, 3.05) is 12.0 Å². The molecule has 1 saturated carbocycles. The molecule has 0 spiro atoms. The summed E-state index contributed by atoms with van der Waals surface area (Å²) in [7, 11) is 2.79. The number of benzene rings is 2. The van der Waals surface area contributed by atoms with Crippen molar-refractivity contribution >= 4 is 5.95 Å². The zero-order valence-corrected chi connectivity index (χ0v) is 20.5. The molecule has 0 unspecified atom stereocenters. The van der Waals surface area contributed by atoms with Crippen molar-refractivity contribution in [2.45, 2.75) is 50.6 Å². The summed E-state index contributed by atoms with van der Waals surface area (Å²) in [6.45, 7) is -0.968. The Morgan fingerprint density at radius 2 is 1.46 bits per heavy atom. The van der Waals surface area contributed by atoms with Crippen molar-refractivity contribution in [3.8, 4) is 0 Å². The number of nitrogens with zero attached hydrogens (tertiary/aromatic N) is 5. The van der Waals surface area contributed by atoms with Gasteiger partial charge in [-0.25, -0.2) is 0 Å². The number of hydrogen-bond acceptors (Lipinski definition) is 5. The van der Waals surface area contributed by atoms with Gasteiger partial charge in [-0.2, -0.15) is 44.3 Å². The van der Waals surface area contributed by atoms with Crippen LogP contribution in [0.2, 0.25) is 0 Å². The molecule has 1 aliphatic carbocycles. The van der Waals surface area contributed by atoms with Crippen molar-refractivity contribution < 1.29 is 44.3 Å². The molecule has 0 aliphatic heterocycles. The molecule has 39 heavy (non-hydrogen) atoms. The number of halogens is 9. The molecular weight excluding hydrogens is 545 g/mol. The third kappa shape index (κ3) is 6.81. The first-order valence-electron chi connectivity index (χ1n) is 11.6. The highest BCUT2D eigenvalue weighted by Crippen LogP contribution is 2.45. The standard InChI is InChI=1S/C24H22F9N5O/c1-37-35-21(34-36-37)38(11-13-7-17(23(28,29)30)10-18(8-13)24(31,32)33)12-15-9-16(22(25,26)27)5-6-19(15)20(39-2)14-3-4-14/h5-10,14,20H,3-4,11-12H2,1-2H3/t20-/m0/s1. The second-order valence-electron chi connectivity index (χ2n) is 9.25. The van der Waals surface area contributed by atoms with E-state index in [1.807, 2.05) is 0 Å².